The van der Waals surface area contributed by atoms with E-state index in [1.54, 1.807) is 0 Å². The fourth-order valence-corrected chi connectivity index (χ4v) is 1.82. The summed E-state index contributed by atoms with van der Waals surface area (Å²) >= 11 is 0. The first-order valence-corrected chi connectivity index (χ1v) is 6.85. The van der Waals surface area contributed by atoms with Crippen LogP contribution in [0.4, 0.5) is 0 Å². The number of hydrogen-bond acceptors (Lipinski definition) is 2. The van der Waals surface area contributed by atoms with Crippen molar-refractivity contribution in [3.8, 4) is 17.6 Å². The molecule has 0 radical (unpaired) electrons. The maximum Gasteiger partial charge on any atom is 0.149 e. The smallest absolute Gasteiger partial charge is 0.149 e. The molecule has 0 saturated carbocycles. The monoisotopic (exact) mass is 265 g/mol. The second-order valence-corrected chi connectivity index (χ2v) is 4.34. The van der Waals surface area contributed by atoms with Crippen LogP contribution in [-0.2, 0) is 6.54 Å². The third-order valence-electron chi connectivity index (χ3n) is 2.84. The van der Waals surface area contributed by atoms with Crippen LogP contribution in [0.3, 0.4) is 0 Å². The van der Waals surface area contributed by atoms with Gasteiger partial charge in [-0.1, -0.05) is 55.2 Å². The van der Waals surface area contributed by atoms with E-state index in [2.05, 4.69) is 30.1 Å². The number of ether oxygens (including phenoxy) is 1. The van der Waals surface area contributed by atoms with E-state index in [-0.39, 0.29) is 0 Å². The van der Waals surface area contributed by atoms with Gasteiger partial charge in [0.05, 0.1) is 0 Å². The molecule has 0 atom stereocenters. The molecular weight excluding hydrogens is 246 g/mol. The first-order chi connectivity index (χ1) is 9.90. The molecule has 2 heteroatoms. The molecule has 2 rings (SSSR count). The summed E-state index contributed by atoms with van der Waals surface area (Å²) < 4.78 is 5.74. The number of benzene rings is 2. The molecule has 0 heterocycles. The van der Waals surface area contributed by atoms with E-state index in [0.717, 1.165) is 30.0 Å². The summed E-state index contributed by atoms with van der Waals surface area (Å²) in [4.78, 5) is 0. The van der Waals surface area contributed by atoms with Crippen LogP contribution in [0.25, 0.3) is 0 Å². The van der Waals surface area contributed by atoms with E-state index in [4.69, 9.17) is 4.74 Å². The highest BCUT2D eigenvalue weighted by atomic mass is 16.5. The summed E-state index contributed by atoms with van der Waals surface area (Å²) in [6.07, 6.45) is 0. The summed E-state index contributed by atoms with van der Waals surface area (Å²) in [5.41, 5.74) is 2.17. The molecule has 20 heavy (non-hydrogen) atoms. The van der Waals surface area contributed by atoms with E-state index < -0.39 is 0 Å². The number of para-hydroxylation sites is 1. The molecule has 0 bridgehead atoms. The lowest BCUT2D eigenvalue weighted by Gasteiger charge is -2.09. The van der Waals surface area contributed by atoms with E-state index in [1.165, 1.54) is 0 Å². The highest BCUT2D eigenvalue weighted by Crippen LogP contribution is 2.17. The Labute approximate surface area is 120 Å². The topological polar surface area (TPSA) is 21.3 Å². The normalized spacial score (nSPS) is 9.65. The summed E-state index contributed by atoms with van der Waals surface area (Å²) in [7, 11) is 0. The Balaban J connectivity index is 1.93. The summed E-state index contributed by atoms with van der Waals surface area (Å²) in [6.45, 7) is 4.26. The van der Waals surface area contributed by atoms with Crippen molar-refractivity contribution in [1.82, 2.24) is 5.32 Å². The minimum atomic E-state index is 0.401. The standard InChI is InChI=1S/C18H19NO/c1-2-19-15-17-12-6-7-13-18(17)20-14-8-11-16-9-4-3-5-10-16/h3-7,9-10,12-13,19H,2,14-15H2,1H3. The molecule has 0 amide bonds. The van der Waals surface area contributed by atoms with Gasteiger partial charge >= 0.3 is 0 Å². The molecule has 102 valence electrons. The Bertz CT molecular complexity index is 581. The molecule has 0 aliphatic carbocycles. The SMILES string of the molecule is CCNCc1ccccc1OCC#Cc1ccccc1. The van der Waals surface area contributed by atoms with Gasteiger partial charge < -0.3 is 10.1 Å². The van der Waals surface area contributed by atoms with Crippen LogP contribution in [0.5, 0.6) is 5.75 Å². The minimum Gasteiger partial charge on any atom is -0.481 e. The molecule has 0 saturated heterocycles. The first kappa shape index (κ1) is 14.2. The van der Waals surface area contributed by atoms with Gasteiger partial charge in [0.1, 0.15) is 12.4 Å². The highest BCUT2D eigenvalue weighted by molar-refractivity contribution is 5.35. The van der Waals surface area contributed by atoms with Crippen LogP contribution in [0.1, 0.15) is 18.1 Å². The van der Waals surface area contributed by atoms with E-state index in [0.29, 0.717) is 6.61 Å². The van der Waals surface area contributed by atoms with E-state index in [9.17, 15) is 0 Å². The Morgan fingerprint density at radius 2 is 1.75 bits per heavy atom. The van der Waals surface area contributed by atoms with Crippen molar-refractivity contribution in [2.75, 3.05) is 13.2 Å². The average Bonchev–Trinajstić information content (AvgIpc) is 2.51. The highest BCUT2D eigenvalue weighted by Gasteiger charge is 2.00. The molecule has 0 fully saturated rings. The number of nitrogens with one attached hydrogen (secondary N) is 1. The van der Waals surface area contributed by atoms with Crippen molar-refractivity contribution < 1.29 is 4.74 Å². The Kier molecular flexibility index (Phi) is 5.70. The molecule has 0 aliphatic rings. The van der Waals surface area contributed by atoms with Gasteiger partial charge in [0.2, 0.25) is 0 Å². The predicted octanol–water partition coefficient (Wildman–Crippen LogP) is 3.23. The van der Waals surface area contributed by atoms with Gasteiger partial charge in [0, 0.05) is 17.7 Å². The van der Waals surface area contributed by atoms with Crippen LogP contribution >= 0.6 is 0 Å². The quantitative estimate of drug-likeness (QED) is 0.838. The van der Waals surface area contributed by atoms with Crippen molar-refractivity contribution in [3.05, 3.63) is 65.7 Å². The van der Waals surface area contributed by atoms with Crippen LogP contribution in [0.15, 0.2) is 54.6 Å². The van der Waals surface area contributed by atoms with Gasteiger partial charge in [-0.05, 0) is 24.7 Å². The maximum atomic E-state index is 5.74. The second-order valence-electron chi connectivity index (χ2n) is 4.34. The van der Waals surface area contributed by atoms with Crippen LogP contribution in [0, 0.1) is 11.8 Å². The van der Waals surface area contributed by atoms with Crippen LogP contribution < -0.4 is 10.1 Å². The van der Waals surface area contributed by atoms with Crippen LogP contribution in [-0.4, -0.2) is 13.2 Å². The van der Waals surface area contributed by atoms with Crippen molar-refractivity contribution in [2.45, 2.75) is 13.5 Å². The zero-order valence-corrected chi connectivity index (χ0v) is 11.7. The fraction of sp³-hybridized carbons (Fsp3) is 0.222. The molecule has 0 spiro atoms. The van der Waals surface area contributed by atoms with Crippen molar-refractivity contribution in [1.29, 1.82) is 0 Å². The van der Waals surface area contributed by atoms with Gasteiger partial charge in [0.15, 0.2) is 0 Å². The zero-order valence-electron chi connectivity index (χ0n) is 11.7. The van der Waals surface area contributed by atoms with E-state index in [1.807, 2.05) is 48.5 Å². The molecular formula is C18H19NO. The van der Waals surface area contributed by atoms with Crippen molar-refractivity contribution in [2.24, 2.45) is 0 Å². The summed E-state index contributed by atoms with van der Waals surface area (Å²) in [5.74, 6) is 7.03. The van der Waals surface area contributed by atoms with Crippen molar-refractivity contribution >= 4 is 0 Å². The molecule has 0 unspecified atom stereocenters. The Morgan fingerprint density at radius 3 is 2.55 bits per heavy atom. The molecule has 0 aromatic heterocycles. The Morgan fingerprint density at radius 1 is 1.00 bits per heavy atom. The van der Waals surface area contributed by atoms with Gasteiger partial charge in [-0.25, -0.2) is 0 Å². The minimum absolute atomic E-state index is 0.401. The zero-order chi connectivity index (χ0) is 14.0. The predicted molar refractivity (Wildman–Crippen MR) is 82.6 cm³/mol. The third-order valence-corrected chi connectivity index (χ3v) is 2.84. The molecule has 0 aliphatic heterocycles. The second kappa shape index (κ2) is 8.04. The fourth-order valence-electron chi connectivity index (χ4n) is 1.82. The lowest BCUT2D eigenvalue weighted by atomic mass is 10.2. The number of rotatable bonds is 5. The maximum absolute atomic E-state index is 5.74. The number of hydrogen-bond donors (Lipinski definition) is 1. The van der Waals surface area contributed by atoms with Crippen LogP contribution in [0.2, 0.25) is 0 Å². The van der Waals surface area contributed by atoms with E-state index >= 15 is 0 Å². The van der Waals surface area contributed by atoms with Gasteiger partial charge in [-0.3, -0.25) is 0 Å². The lowest BCUT2D eigenvalue weighted by molar-refractivity contribution is 0.365. The average molecular weight is 265 g/mol. The molecule has 1 N–H and O–H groups in total. The lowest BCUT2D eigenvalue weighted by Crippen LogP contribution is -2.12. The van der Waals surface area contributed by atoms with Gasteiger partial charge in [-0.2, -0.15) is 0 Å². The molecule has 2 aromatic carbocycles. The van der Waals surface area contributed by atoms with Gasteiger partial charge in [-0.15, -0.1) is 0 Å². The third kappa shape index (κ3) is 4.46. The first-order valence-electron chi connectivity index (χ1n) is 6.85. The molecule has 2 nitrogen and oxygen atoms in total. The Hall–Kier alpha value is -2.24. The summed E-state index contributed by atoms with van der Waals surface area (Å²) in [6, 6.07) is 18.0. The molecule has 2 aromatic rings. The van der Waals surface area contributed by atoms with Crippen molar-refractivity contribution in [3.63, 3.8) is 0 Å². The largest absolute Gasteiger partial charge is 0.481 e. The van der Waals surface area contributed by atoms with Gasteiger partial charge in [0.25, 0.3) is 0 Å². The summed E-state index contributed by atoms with van der Waals surface area (Å²) in [5, 5.41) is 3.31.